The van der Waals surface area contributed by atoms with Crippen LogP contribution in [0.3, 0.4) is 0 Å². The van der Waals surface area contributed by atoms with Crippen LogP contribution in [0.15, 0.2) is 85.1 Å². The minimum atomic E-state index is 0.0154. The summed E-state index contributed by atoms with van der Waals surface area (Å²) in [5.41, 5.74) is 6.11. The van der Waals surface area contributed by atoms with Gasteiger partial charge in [0.1, 0.15) is 0 Å². The molecule has 3 heteroatoms. The molecule has 0 spiro atoms. The van der Waals surface area contributed by atoms with E-state index in [0.717, 1.165) is 18.5 Å². The van der Waals surface area contributed by atoms with Crippen LogP contribution in [0.4, 0.5) is 0 Å². The van der Waals surface area contributed by atoms with Crippen LogP contribution >= 0.6 is 0 Å². The van der Waals surface area contributed by atoms with Crippen molar-refractivity contribution in [3.63, 3.8) is 0 Å². The number of fused-ring (bicyclic) bond motifs is 1. The minimum Gasteiger partial charge on any atom is -0.350 e. The second kappa shape index (κ2) is 9.00. The van der Waals surface area contributed by atoms with Crippen molar-refractivity contribution < 1.29 is 4.79 Å². The van der Waals surface area contributed by atoms with Crippen LogP contribution < -0.4 is 5.32 Å². The normalized spacial score (nSPS) is 12.1. The second-order valence-electron chi connectivity index (χ2n) is 7.98. The van der Waals surface area contributed by atoms with E-state index < -0.39 is 0 Å². The van der Waals surface area contributed by atoms with Crippen LogP contribution in [0, 0.1) is 6.92 Å². The Labute approximate surface area is 178 Å². The van der Waals surface area contributed by atoms with Gasteiger partial charge in [-0.25, -0.2) is 0 Å². The highest BCUT2D eigenvalue weighted by Crippen LogP contribution is 2.24. The highest BCUT2D eigenvalue weighted by Gasteiger charge is 2.13. The average molecular weight is 397 g/mol. The summed E-state index contributed by atoms with van der Waals surface area (Å²) in [5.74, 6) is 0.0849. The van der Waals surface area contributed by atoms with Crippen molar-refractivity contribution in [3.05, 3.63) is 107 Å². The molecule has 0 saturated carbocycles. The number of aryl methyl sites for hydroxylation is 2. The summed E-state index contributed by atoms with van der Waals surface area (Å²) in [5, 5.41) is 4.35. The molecule has 1 amide bonds. The first-order valence-corrected chi connectivity index (χ1v) is 10.6. The Morgan fingerprint density at radius 1 is 0.933 bits per heavy atom. The van der Waals surface area contributed by atoms with Gasteiger partial charge in [-0.2, -0.15) is 0 Å². The predicted octanol–water partition coefficient (Wildman–Crippen LogP) is 5.81. The van der Waals surface area contributed by atoms with E-state index in [1.807, 2.05) is 37.3 Å². The number of para-hydroxylation sites is 1. The van der Waals surface area contributed by atoms with Crippen LogP contribution in [0.1, 0.15) is 41.6 Å². The molecule has 0 saturated heterocycles. The first-order valence-electron chi connectivity index (χ1n) is 10.6. The van der Waals surface area contributed by atoms with Gasteiger partial charge in [0.05, 0.1) is 6.04 Å². The zero-order valence-corrected chi connectivity index (χ0v) is 17.6. The number of nitrogens with one attached hydrogen (secondary N) is 1. The zero-order valence-electron chi connectivity index (χ0n) is 17.6. The first kappa shape index (κ1) is 20.0. The molecule has 1 unspecified atom stereocenters. The van der Waals surface area contributed by atoms with Gasteiger partial charge in [0.25, 0.3) is 0 Å². The Morgan fingerprint density at radius 2 is 1.63 bits per heavy atom. The van der Waals surface area contributed by atoms with E-state index in [2.05, 4.69) is 71.5 Å². The highest BCUT2D eigenvalue weighted by molar-refractivity contribution is 5.85. The Balaban J connectivity index is 1.46. The van der Waals surface area contributed by atoms with E-state index in [0.29, 0.717) is 6.42 Å². The van der Waals surface area contributed by atoms with Gasteiger partial charge in [0, 0.05) is 30.1 Å². The van der Waals surface area contributed by atoms with Crippen LogP contribution in [-0.4, -0.2) is 10.5 Å². The SMILES string of the molecule is Cc1ccc(Cn2cc(CCC(=O)NC(C)c3ccccc3)c3ccccc32)cc1. The summed E-state index contributed by atoms with van der Waals surface area (Å²) in [6.45, 7) is 4.97. The van der Waals surface area contributed by atoms with Crippen LogP contribution in [0.5, 0.6) is 0 Å². The van der Waals surface area contributed by atoms with Gasteiger partial charge in [-0.05, 0) is 43.0 Å². The summed E-state index contributed by atoms with van der Waals surface area (Å²) in [4.78, 5) is 12.5. The van der Waals surface area contributed by atoms with Crippen molar-refractivity contribution in [3.8, 4) is 0 Å². The van der Waals surface area contributed by atoms with Crippen molar-refractivity contribution in [1.82, 2.24) is 9.88 Å². The quantitative estimate of drug-likeness (QED) is 0.420. The smallest absolute Gasteiger partial charge is 0.220 e. The van der Waals surface area contributed by atoms with E-state index in [4.69, 9.17) is 0 Å². The van der Waals surface area contributed by atoms with Crippen LogP contribution in [0.2, 0.25) is 0 Å². The van der Waals surface area contributed by atoms with Gasteiger partial charge in [0.2, 0.25) is 5.91 Å². The van der Waals surface area contributed by atoms with E-state index in [1.54, 1.807) is 0 Å². The Hall–Kier alpha value is -3.33. The molecule has 3 nitrogen and oxygen atoms in total. The molecule has 4 aromatic rings. The average Bonchev–Trinajstić information content (AvgIpc) is 3.12. The van der Waals surface area contributed by atoms with Crippen LogP contribution in [0.25, 0.3) is 10.9 Å². The molecule has 1 atom stereocenters. The zero-order chi connectivity index (χ0) is 20.9. The summed E-state index contributed by atoms with van der Waals surface area (Å²) in [6, 6.07) is 27.2. The molecule has 4 rings (SSSR count). The number of carbonyl (C=O) groups excluding carboxylic acids is 1. The molecular formula is C27H28N2O. The van der Waals surface area contributed by atoms with Crippen molar-refractivity contribution in [1.29, 1.82) is 0 Å². The number of amides is 1. The molecule has 0 fully saturated rings. The van der Waals surface area contributed by atoms with Gasteiger partial charge in [-0.15, -0.1) is 0 Å². The molecule has 0 aliphatic rings. The van der Waals surface area contributed by atoms with Gasteiger partial charge in [0.15, 0.2) is 0 Å². The third-order valence-corrected chi connectivity index (χ3v) is 5.64. The van der Waals surface area contributed by atoms with Gasteiger partial charge < -0.3 is 9.88 Å². The van der Waals surface area contributed by atoms with Crippen molar-refractivity contribution in [2.75, 3.05) is 0 Å². The first-order chi connectivity index (χ1) is 14.6. The number of aromatic nitrogens is 1. The van der Waals surface area contributed by atoms with E-state index in [1.165, 1.54) is 27.6 Å². The molecule has 30 heavy (non-hydrogen) atoms. The van der Waals surface area contributed by atoms with E-state index >= 15 is 0 Å². The summed E-state index contributed by atoms with van der Waals surface area (Å²) in [7, 11) is 0. The predicted molar refractivity (Wildman–Crippen MR) is 124 cm³/mol. The van der Waals surface area contributed by atoms with Gasteiger partial charge in [-0.3, -0.25) is 4.79 Å². The number of nitrogens with zero attached hydrogens (tertiary/aromatic N) is 1. The Kier molecular flexibility index (Phi) is 5.99. The van der Waals surface area contributed by atoms with Gasteiger partial charge >= 0.3 is 0 Å². The van der Waals surface area contributed by atoms with E-state index in [9.17, 15) is 4.79 Å². The fraction of sp³-hybridized carbons (Fsp3) is 0.222. The molecule has 0 aliphatic heterocycles. The van der Waals surface area contributed by atoms with Crippen molar-refractivity contribution in [2.45, 2.75) is 39.3 Å². The molecule has 0 aliphatic carbocycles. The monoisotopic (exact) mass is 396 g/mol. The topological polar surface area (TPSA) is 34.0 Å². The molecule has 0 radical (unpaired) electrons. The summed E-state index contributed by atoms with van der Waals surface area (Å²) in [6.07, 6.45) is 3.42. The maximum atomic E-state index is 12.5. The van der Waals surface area contributed by atoms with Gasteiger partial charge in [-0.1, -0.05) is 78.4 Å². The minimum absolute atomic E-state index is 0.0154. The summed E-state index contributed by atoms with van der Waals surface area (Å²) < 4.78 is 2.29. The summed E-state index contributed by atoms with van der Waals surface area (Å²) >= 11 is 0. The number of rotatable bonds is 7. The molecular weight excluding hydrogens is 368 g/mol. The lowest BCUT2D eigenvalue weighted by atomic mass is 10.1. The third-order valence-electron chi connectivity index (χ3n) is 5.64. The molecule has 3 aromatic carbocycles. The molecule has 1 heterocycles. The number of carbonyl (C=O) groups is 1. The number of hydrogen-bond acceptors (Lipinski definition) is 1. The highest BCUT2D eigenvalue weighted by atomic mass is 16.1. The molecule has 1 N–H and O–H groups in total. The number of hydrogen-bond donors (Lipinski definition) is 1. The molecule has 152 valence electrons. The second-order valence-corrected chi connectivity index (χ2v) is 7.98. The fourth-order valence-corrected chi connectivity index (χ4v) is 3.93. The van der Waals surface area contributed by atoms with Crippen LogP contribution in [-0.2, 0) is 17.8 Å². The maximum Gasteiger partial charge on any atom is 0.220 e. The van der Waals surface area contributed by atoms with Crippen molar-refractivity contribution >= 4 is 16.8 Å². The standard InChI is InChI=1S/C27H28N2O/c1-20-12-14-22(15-13-20)18-29-19-24(25-10-6-7-11-26(25)29)16-17-27(30)28-21(2)23-8-4-3-5-9-23/h3-15,19,21H,16-18H2,1-2H3,(H,28,30). The third kappa shape index (κ3) is 4.62. The van der Waals surface area contributed by atoms with Crippen molar-refractivity contribution in [2.24, 2.45) is 0 Å². The maximum absolute atomic E-state index is 12.5. The lowest BCUT2D eigenvalue weighted by molar-refractivity contribution is -0.121. The fourth-order valence-electron chi connectivity index (χ4n) is 3.93. The lowest BCUT2D eigenvalue weighted by Crippen LogP contribution is -2.26. The molecule has 1 aromatic heterocycles. The van der Waals surface area contributed by atoms with E-state index in [-0.39, 0.29) is 11.9 Å². The Morgan fingerprint density at radius 3 is 2.40 bits per heavy atom. The Bertz CT molecular complexity index is 1130. The lowest BCUT2D eigenvalue weighted by Gasteiger charge is -2.14. The molecule has 0 bridgehead atoms. The number of benzene rings is 3. The largest absolute Gasteiger partial charge is 0.350 e.